The molecular weight excluding hydrogens is 309 g/mol. The van der Waals surface area contributed by atoms with Crippen LogP contribution in [0.15, 0.2) is 6.20 Å². The average Bonchev–Trinajstić information content (AvgIpc) is 2.81. The quantitative estimate of drug-likeness (QED) is 0.796. The molecule has 1 amide bonds. The minimum Gasteiger partial charge on any atom is -0.467 e. The second-order valence-electron chi connectivity index (χ2n) is 4.30. The summed E-state index contributed by atoms with van der Waals surface area (Å²) >= 11 is 0. The normalized spacial score (nSPS) is 14.1. The molecule has 0 aliphatic carbocycles. The van der Waals surface area contributed by atoms with Crippen LogP contribution in [0.25, 0.3) is 0 Å². The number of halogens is 3. The lowest BCUT2D eigenvalue weighted by atomic mass is 9.92. The van der Waals surface area contributed by atoms with Gasteiger partial charge in [-0.05, 0) is 6.92 Å². The van der Waals surface area contributed by atoms with Crippen molar-refractivity contribution in [2.75, 3.05) is 13.7 Å². The number of methoxy groups -OCH3 is 1. The molecule has 1 aromatic heterocycles. The van der Waals surface area contributed by atoms with E-state index in [0.29, 0.717) is 0 Å². The van der Waals surface area contributed by atoms with E-state index in [1.807, 2.05) is 0 Å². The van der Waals surface area contributed by atoms with Crippen molar-refractivity contribution >= 4 is 12.1 Å². The fourth-order valence-corrected chi connectivity index (χ4v) is 1.72. The Kier molecular flexibility index (Phi) is 5.33. The van der Waals surface area contributed by atoms with Gasteiger partial charge in [0.15, 0.2) is 0 Å². The number of carbonyl (C=O) groups is 2. The predicted octanol–water partition coefficient (Wildman–Crippen LogP) is 0.578. The highest BCUT2D eigenvalue weighted by Crippen LogP contribution is 2.34. The Morgan fingerprint density at radius 3 is 2.45 bits per heavy atom. The first-order valence-corrected chi connectivity index (χ1v) is 6.11. The lowest BCUT2D eigenvalue weighted by molar-refractivity contribution is -0.210. The van der Waals surface area contributed by atoms with E-state index in [1.54, 1.807) is 5.32 Å². The molecule has 1 N–H and O–H groups in total. The van der Waals surface area contributed by atoms with Crippen molar-refractivity contribution in [3.8, 4) is 0 Å². The Morgan fingerprint density at radius 2 is 2.05 bits per heavy atom. The number of ether oxygens (including phenoxy) is 2. The van der Waals surface area contributed by atoms with Crippen molar-refractivity contribution < 1.29 is 32.2 Å². The number of esters is 1. The monoisotopic (exact) mass is 324 g/mol. The van der Waals surface area contributed by atoms with Crippen LogP contribution in [0.2, 0.25) is 0 Å². The van der Waals surface area contributed by atoms with Gasteiger partial charge in [0.05, 0.1) is 19.4 Å². The first-order chi connectivity index (χ1) is 10.2. The number of nitrogens with zero attached hydrogens (tertiary/aromatic N) is 3. The third kappa shape index (κ3) is 3.65. The molecule has 1 atom stereocenters. The van der Waals surface area contributed by atoms with Crippen molar-refractivity contribution in [1.82, 2.24) is 20.3 Å². The van der Waals surface area contributed by atoms with E-state index in [0.717, 1.165) is 11.8 Å². The summed E-state index contributed by atoms with van der Waals surface area (Å²) in [7, 11) is 2.23. The highest BCUT2D eigenvalue weighted by Gasteiger charge is 2.63. The highest BCUT2D eigenvalue weighted by molar-refractivity contribution is 5.87. The number of carbonyl (C=O) groups excluding carboxylic acids is 2. The maximum atomic E-state index is 13.5. The van der Waals surface area contributed by atoms with Gasteiger partial charge in [-0.2, -0.15) is 13.2 Å². The van der Waals surface area contributed by atoms with E-state index in [1.165, 1.54) is 20.2 Å². The maximum Gasteiger partial charge on any atom is 0.422 e. The second-order valence-corrected chi connectivity index (χ2v) is 4.30. The third-order valence-corrected chi connectivity index (χ3v) is 2.71. The van der Waals surface area contributed by atoms with Gasteiger partial charge in [0.2, 0.25) is 5.54 Å². The molecule has 0 radical (unpaired) electrons. The van der Waals surface area contributed by atoms with Gasteiger partial charge >= 0.3 is 18.2 Å². The standard InChI is InChI=1S/C11H15F3N4O4/c1-4-22-9(20)15-10(8(19)21-3,11(12,13)14)5-7-6-18(2)17-16-7/h6H,4-5H2,1-3H3,(H,15,20). The number of alkyl carbamates (subject to hydrolysis) is 1. The Morgan fingerprint density at radius 1 is 1.41 bits per heavy atom. The zero-order chi connectivity index (χ0) is 17.0. The number of hydrogen-bond acceptors (Lipinski definition) is 6. The largest absolute Gasteiger partial charge is 0.467 e. The van der Waals surface area contributed by atoms with E-state index in [-0.39, 0.29) is 12.3 Å². The summed E-state index contributed by atoms with van der Waals surface area (Å²) in [6.45, 7) is 1.25. The van der Waals surface area contributed by atoms with E-state index >= 15 is 0 Å². The molecule has 11 heteroatoms. The minimum atomic E-state index is -5.13. The van der Waals surface area contributed by atoms with E-state index in [2.05, 4.69) is 19.8 Å². The number of amides is 1. The minimum absolute atomic E-state index is 0.151. The van der Waals surface area contributed by atoms with Crippen LogP contribution >= 0.6 is 0 Å². The topological polar surface area (TPSA) is 95.3 Å². The van der Waals surface area contributed by atoms with Crippen LogP contribution in [0.1, 0.15) is 12.6 Å². The van der Waals surface area contributed by atoms with Gasteiger partial charge in [0.25, 0.3) is 0 Å². The number of aryl methyl sites for hydroxylation is 1. The van der Waals surface area contributed by atoms with Crippen LogP contribution in [-0.4, -0.2) is 52.5 Å². The number of alkyl halides is 3. The number of rotatable bonds is 5. The van der Waals surface area contributed by atoms with Gasteiger partial charge in [-0.1, -0.05) is 5.21 Å². The Balaban J connectivity index is 3.25. The van der Waals surface area contributed by atoms with Crippen molar-refractivity contribution in [3.63, 3.8) is 0 Å². The molecule has 0 spiro atoms. The SMILES string of the molecule is CCOC(=O)NC(Cc1cn(C)nn1)(C(=O)OC)C(F)(F)F. The molecule has 0 aliphatic rings. The fraction of sp³-hybridized carbons (Fsp3) is 0.636. The summed E-state index contributed by atoms with van der Waals surface area (Å²) in [6.07, 6.45) is -6.31. The molecule has 124 valence electrons. The molecule has 1 rings (SSSR count). The van der Waals surface area contributed by atoms with Gasteiger partial charge in [-0.15, -0.1) is 5.10 Å². The molecule has 8 nitrogen and oxygen atoms in total. The van der Waals surface area contributed by atoms with Crippen LogP contribution in [0.3, 0.4) is 0 Å². The lowest BCUT2D eigenvalue weighted by Crippen LogP contribution is -2.65. The van der Waals surface area contributed by atoms with Crippen molar-refractivity contribution in [2.45, 2.75) is 25.1 Å². The predicted molar refractivity (Wildman–Crippen MR) is 65.7 cm³/mol. The molecule has 0 aliphatic heterocycles. The van der Waals surface area contributed by atoms with Crippen molar-refractivity contribution in [3.05, 3.63) is 11.9 Å². The highest BCUT2D eigenvalue weighted by atomic mass is 19.4. The maximum absolute atomic E-state index is 13.5. The molecule has 1 heterocycles. The van der Waals surface area contributed by atoms with Crippen LogP contribution in [-0.2, 0) is 27.7 Å². The molecule has 0 saturated heterocycles. The summed E-state index contributed by atoms with van der Waals surface area (Å²) < 4.78 is 50.3. The van der Waals surface area contributed by atoms with E-state index in [9.17, 15) is 22.8 Å². The number of nitrogens with one attached hydrogen (secondary N) is 1. The number of hydrogen-bond donors (Lipinski definition) is 1. The fourth-order valence-electron chi connectivity index (χ4n) is 1.72. The summed E-state index contributed by atoms with van der Waals surface area (Å²) in [5.41, 5.74) is -3.47. The molecule has 0 fully saturated rings. The Hall–Kier alpha value is -2.33. The molecule has 1 aromatic rings. The molecule has 0 aromatic carbocycles. The molecule has 0 saturated carbocycles. The van der Waals surface area contributed by atoms with Gasteiger partial charge in [0, 0.05) is 19.7 Å². The third-order valence-electron chi connectivity index (χ3n) is 2.71. The van der Waals surface area contributed by atoms with Gasteiger partial charge in [-0.3, -0.25) is 10.00 Å². The Bertz CT molecular complexity index is 546. The van der Waals surface area contributed by atoms with Crippen LogP contribution in [0.5, 0.6) is 0 Å². The molecule has 1 unspecified atom stereocenters. The number of aromatic nitrogens is 3. The van der Waals surface area contributed by atoms with Crippen LogP contribution < -0.4 is 5.32 Å². The smallest absolute Gasteiger partial charge is 0.422 e. The summed E-state index contributed by atoms with van der Waals surface area (Å²) in [5.74, 6) is -1.68. The van der Waals surface area contributed by atoms with Gasteiger partial charge in [0.1, 0.15) is 0 Å². The first-order valence-electron chi connectivity index (χ1n) is 6.11. The first kappa shape index (κ1) is 17.7. The molecule has 0 bridgehead atoms. The summed E-state index contributed by atoms with van der Waals surface area (Å²) in [5, 5.41) is 8.53. The average molecular weight is 324 g/mol. The molecule has 22 heavy (non-hydrogen) atoms. The summed E-state index contributed by atoms with van der Waals surface area (Å²) in [6, 6.07) is 0. The van der Waals surface area contributed by atoms with Gasteiger partial charge < -0.3 is 9.47 Å². The molecular formula is C11H15F3N4O4. The van der Waals surface area contributed by atoms with Crippen molar-refractivity contribution in [1.29, 1.82) is 0 Å². The second kappa shape index (κ2) is 6.62. The van der Waals surface area contributed by atoms with Crippen molar-refractivity contribution in [2.24, 2.45) is 7.05 Å². The van der Waals surface area contributed by atoms with E-state index in [4.69, 9.17) is 0 Å². The zero-order valence-electron chi connectivity index (χ0n) is 12.1. The lowest BCUT2D eigenvalue weighted by Gasteiger charge is -2.32. The van der Waals surface area contributed by atoms with Crippen LogP contribution in [0, 0.1) is 0 Å². The summed E-state index contributed by atoms with van der Waals surface area (Å²) in [4.78, 5) is 23.2. The van der Waals surface area contributed by atoms with Crippen LogP contribution in [0.4, 0.5) is 18.0 Å². The Labute approximate surface area is 123 Å². The van der Waals surface area contributed by atoms with E-state index < -0.39 is 30.2 Å². The van der Waals surface area contributed by atoms with Gasteiger partial charge in [-0.25, -0.2) is 9.59 Å². The zero-order valence-corrected chi connectivity index (χ0v) is 12.1.